The van der Waals surface area contributed by atoms with Crippen molar-refractivity contribution in [2.24, 2.45) is 17.6 Å². The first kappa shape index (κ1) is 12.7. The van der Waals surface area contributed by atoms with Crippen LogP contribution in [0, 0.1) is 11.8 Å². The molecule has 1 aliphatic carbocycles. The Balaban J connectivity index is 2.06. The number of rotatable bonds is 1. The molecule has 3 rings (SSSR count). The highest BCUT2D eigenvalue weighted by Gasteiger charge is 2.38. The van der Waals surface area contributed by atoms with Crippen LogP contribution < -0.4 is 5.73 Å². The summed E-state index contributed by atoms with van der Waals surface area (Å²) in [6, 6.07) is 15.3. The van der Waals surface area contributed by atoms with Gasteiger partial charge in [-0.15, -0.1) is 0 Å². The monoisotopic (exact) mass is 253 g/mol. The van der Waals surface area contributed by atoms with Gasteiger partial charge in [0.25, 0.3) is 0 Å². The quantitative estimate of drug-likeness (QED) is 0.798. The van der Waals surface area contributed by atoms with Crippen molar-refractivity contribution in [2.45, 2.75) is 38.6 Å². The lowest BCUT2D eigenvalue weighted by Gasteiger charge is -2.43. The fourth-order valence-electron chi connectivity index (χ4n) is 3.55. The minimum absolute atomic E-state index is 0.151. The minimum atomic E-state index is -0.151. The third-order valence-corrected chi connectivity index (χ3v) is 4.95. The third-order valence-electron chi connectivity index (χ3n) is 4.95. The van der Waals surface area contributed by atoms with Gasteiger partial charge in [0.05, 0.1) is 0 Å². The second-order valence-corrected chi connectivity index (χ2v) is 6.39. The van der Waals surface area contributed by atoms with E-state index in [4.69, 9.17) is 5.73 Å². The molecule has 3 atom stereocenters. The molecule has 3 unspecified atom stereocenters. The van der Waals surface area contributed by atoms with Crippen molar-refractivity contribution >= 4 is 10.8 Å². The lowest BCUT2D eigenvalue weighted by molar-refractivity contribution is 0.162. The largest absolute Gasteiger partial charge is 0.321 e. The minimum Gasteiger partial charge on any atom is -0.321 e. The van der Waals surface area contributed by atoms with Crippen LogP contribution in [0.3, 0.4) is 0 Å². The summed E-state index contributed by atoms with van der Waals surface area (Å²) >= 11 is 0. The standard InChI is InChI=1S/C18H23N/c1-13-7-8-14(2)18(19,12-13)17-10-9-15-5-3-4-6-16(15)11-17/h3-6,9-11,13-14H,7-8,12,19H2,1-2H3. The van der Waals surface area contributed by atoms with Crippen molar-refractivity contribution in [1.82, 2.24) is 0 Å². The molecule has 0 heterocycles. The number of benzene rings is 2. The smallest absolute Gasteiger partial charge is 0.0438 e. The van der Waals surface area contributed by atoms with E-state index in [9.17, 15) is 0 Å². The maximum absolute atomic E-state index is 6.81. The molecule has 0 amide bonds. The van der Waals surface area contributed by atoms with Crippen LogP contribution in [-0.2, 0) is 5.54 Å². The van der Waals surface area contributed by atoms with Gasteiger partial charge in [-0.3, -0.25) is 0 Å². The van der Waals surface area contributed by atoms with Crippen LogP contribution in [0.4, 0.5) is 0 Å². The molecule has 100 valence electrons. The van der Waals surface area contributed by atoms with E-state index in [2.05, 4.69) is 56.3 Å². The van der Waals surface area contributed by atoms with Crippen LogP contribution in [0.1, 0.15) is 38.7 Å². The van der Waals surface area contributed by atoms with Crippen molar-refractivity contribution in [1.29, 1.82) is 0 Å². The maximum atomic E-state index is 6.81. The van der Waals surface area contributed by atoms with Crippen LogP contribution in [0.25, 0.3) is 10.8 Å². The molecule has 0 aliphatic heterocycles. The Morgan fingerprint density at radius 2 is 1.74 bits per heavy atom. The molecule has 0 saturated heterocycles. The predicted molar refractivity (Wildman–Crippen MR) is 82.0 cm³/mol. The second-order valence-electron chi connectivity index (χ2n) is 6.39. The zero-order valence-corrected chi connectivity index (χ0v) is 11.9. The van der Waals surface area contributed by atoms with Crippen molar-refractivity contribution in [3.8, 4) is 0 Å². The summed E-state index contributed by atoms with van der Waals surface area (Å²) in [5, 5.41) is 2.60. The molecule has 1 fully saturated rings. The molecule has 0 spiro atoms. The summed E-state index contributed by atoms with van der Waals surface area (Å²) in [7, 11) is 0. The Kier molecular flexibility index (Phi) is 3.10. The van der Waals surface area contributed by atoms with Crippen LogP contribution in [-0.4, -0.2) is 0 Å². The van der Waals surface area contributed by atoms with E-state index in [1.54, 1.807) is 0 Å². The Morgan fingerprint density at radius 3 is 2.53 bits per heavy atom. The van der Waals surface area contributed by atoms with E-state index >= 15 is 0 Å². The zero-order chi connectivity index (χ0) is 13.5. The van der Waals surface area contributed by atoms with Crippen LogP contribution in [0.2, 0.25) is 0 Å². The van der Waals surface area contributed by atoms with Crippen LogP contribution in [0.15, 0.2) is 42.5 Å². The van der Waals surface area contributed by atoms with Gasteiger partial charge in [0.2, 0.25) is 0 Å². The van der Waals surface area contributed by atoms with Gasteiger partial charge in [0, 0.05) is 5.54 Å². The van der Waals surface area contributed by atoms with Gasteiger partial charge in [-0.05, 0) is 47.1 Å². The van der Waals surface area contributed by atoms with Crippen LogP contribution >= 0.6 is 0 Å². The molecule has 0 radical (unpaired) electrons. The van der Waals surface area contributed by atoms with E-state index in [0.717, 1.165) is 12.3 Å². The Morgan fingerprint density at radius 1 is 1.00 bits per heavy atom. The molecule has 2 aromatic carbocycles. The summed E-state index contributed by atoms with van der Waals surface area (Å²) in [5.74, 6) is 1.29. The van der Waals surface area contributed by atoms with Crippen molar-refractivity contribution in [3.63, 3.8) is 0 Å². The second kappa shape index (κ2) is 4.64. The van der Waals surface area contributed by atoms with Gasteiger partial charge >= 0.3 is 0 Å². The molecule has 2 N–H and O–H groups in total. The number of hydrogen-bond donors (Lipinski definition) is 1. The molecular formula is C18H23N. The average Bonchev–Trinajstić information content (AvgIpc) is 2.43. The van der Waals surface area contributed by atoms with Crippen molar-refractivity contribution in [2.75, 3.05) is 0 Å². The number of fused-ring (bicyclic) bond motifs is 1. The summed E-state index contributed by atoms with van der Waals surface area (Å²) in [6.45, 7) is 4.63. The van der Waals surface area contributed by atoms with Gasteiger partial charge in [0.15, 0.2) is 0 Å². The third kappa shape index (κ3) is 2.17. The van der Waals surface area contributed by atoms with Crippen molar-refractivity contribution in [3.05, 3.63) is 48.0 Å². The maximum Gasteiger partial charge on any atom is 0.0438 e. The van der Waals surface area contributed by atoms with Gasteiger partial charge in [-0.2, -0.15) is 0 Å². The number of hydrogen-bond acceptors (Lipinski definition) is 1. The van der Waals surface area contributed by atoms with E-state index in [1.807, 2.05) is 0 Å². The van der Waals surface area contributed by atoms with Gasteiger partial charge in [-0.1, -0.05) is 56.7 Å². The molecule has 1 heteroatoms. The fourth-order valence-corrected chi connectivity index (χ4v) is 3.55. The topological polar surface area (TPSA) is 26.0 Å². The van der Waals surface area contributed by atoms with Gasteiger partial charge in [-0.25, -0.2) is 0 Å². The first-order valence-corrected chi connectivity index (χ1v) is 7.38. The SMILES string of the molecule is CC1CCC(C)C(N)(c2ccc3ccccc3c2)C1. The van der Waals surface area contributed by atoms with Gasteiger partial charge < -0.3 is 5.73 Å². The summed E-state index contributed by atoms with van der Waals surface area (Å²) in [6.07, 6.45) is 3.66. The highest BCUT2D eigenvalue weighted by atomic mass is 14.8. The molecule has 1 saturated carbocycles. The summed E-state index contributed by atoms with van der Waals surface area (Å²) < 4.78 is 0. The lowest BCUT2D eigenvalue weighted by atomic mass is 9.67. The van der Waals surface area contributed by atoms with E-state index in [0.29, 0.717) is 5.92 Å². The summed E-state index contributed by atoms with van der Waals surface area (Å²) in [4.78, 5) is 0. The highest BCUT2D eigenvalue weighted by molar-refractivity contribution is 5.83. The molecule has 2 aromatic rings. The predicted octanol–water partition coefficient (Wildman–Crippen LogP) is 4.45. The highest BCUT2D eigenvalue weighted by Crippen LogP contribution is 2.42. The molecule has 1 nitrogen and oxygen atoms in total. The van der Waals surface area contributed by atoms with Crippen LogP contribution in [0.5, 0.6) is 0 Å². The first-order chi connectivity index (χ1) is 9.09. The van der Waals surface area contributed by atoms with E-state index < -0.39 is 0 Å². The fraction of sp³-hybridized carbons (Fsp3) is 0.444. The van der Waals surface area contributed by atoms with E-state index in [-0.39, 0.29) is 5.54 Å². The first-order valence-electron chi connectivity index (χ1n) is 7.38. The normalized spacial score (nSPS) is 31.5. The molecule has 0 aromatic heterocycles. The molecule has 0 bridgehead atoms. The average molecular weight is 253 g/mol. The lowest BCUT2D eigenvalue weighted by Crippen LogP contribution is -2.47. The Labute approximate surface area is 115 Å². The molecule has 19 heavy (non-hydrogen) atoms. The molecular weight excluding hydrogens is 230 g/mol. The van der Waals surface area contributed by atoms with Crippen molar-refractivity contribution < 1.29 is 0 Å². The Hall–Kier alpha value is -1.34. The zero-order valence-electron chi connectivity index (χ0n) is 11.9. The number of nitrogens with two attached hydrogens (primary N) is 1. The molecule has 1 aliphatic rings. The Bertz CT molecular complexity index is 589. The van der Waals surface area contributed by atoms with E-state index in [1.165, 1.54) is 29.2 Å². The van der Waals surface area contributed by atoms with Gasteiger partial charge in [0.1, 0.15) is 0 Å². The summed E-state index contributed by atoms with van der Waals surface area (Å²) in [5.41, 5.74) is 7.96.